The van der Waals surface area contributed by atoms with Crippen molar-refractivity contribution in [2.45, 2.75) is 26.5 Å². The quantitative estimate of drug-likeness (QED) is 0.612. The molecule has 6 heteroatoms. The number of ether oxygens (including phenoxy) is 1. The topological polar surface area (TPSA) is 80.3 Å². The van der Waals surface area contributed by atoms with Crippen LogP contribution in [-0.4, -0.2) is 16.8 Å². The van der Waals surface area contributed by atoms with Crippen LogP contribution in [0.1, 0.15) is 35.0 Å². The number of pyridine rings is 1. The highest BCUT2D eigenvalue weighted by molar-refractivity contribution is 5.97. The van der Waals surface area contributed by atoms with Crippen molar-refractivity contribution in [3.63, 3.8) is 0 Å². The fourth-order valence-corrected chi connectivity index (χ4v) is 2.66. The molecule has 3 aromatic rings. The van der Waals surface area contributed by atoms with Crippen LogP contribution in [0.5, 0.6) is 5.75 Å². The smallest absolute Gasteiger partial charge is 0.251 e. The summed E-state index contributed by atoms with van der Waals surface area (Å²) >= 11 is 0. The summed E-state index contributed by atoms with van der Waals surface area (Å²) in [6, 6.07) is 20.1. The monoisotopic (exact) mass is 389 g/mol. The number of rotatable bonds is 8. The minimum Gasteiger partial charge on any atom is -0.487 e. The van der Waals surface area contributed by atoms with E-state index in [0.29, 0.717) is 36.6 Å². The van der Waals surface area contributed by atoms with E-state index >= 15 is 0 Å². The molecule has 3 rings (SSSR count). The fraction of sp³-hybridized carbons (Fsp3) is 0.174. The first kappa shape index (κ1) is 20.1. The van der Waals surface area contributed by atoms with Crippen molar-refractivity contribution in [2.24, 2.45) is 0 Å². The van der Waals surface area contributed by atoms with Gasteiger partial charge in [0.1, 0.15) is 12.4 Å². The second kappa shape index (κ2) is 10.0. The van der Waals surface area contributed by atoms with Crippen LogP contribution >= 0.6 is 0 Å². The summed E-state index contributed by atoms with van der Waals surface area (Å²) in [5.41, 5.74) is 2.87. The molecule has 0 spiro atoms. The molecule has 0 bridgehead atoms. The van der Waals surface area contributed by atoms with E-state index in [9.17, 15) is 9.59 Å². The molecule has 0 aliphatic carbocycles. The van der Waals surface area contributed by atoms with Gasteiger partial charge >= 0.3 is 0 Å². The predicted octanol–water partition coefficient (Wildman–Crippen LogP) is 3.94. The normalized spacial score (nSPS) is 10.2. The van der Waals surface area contributed by atoms with Gasteiger partial charge in [-0.3, -0.25) is 14.6 Å². The molecule has 2 aromatic carbocycles. The Balaban J connectivity index is 1.56. The average Bonchev–Trinajstić information content (AvgIpc) is 2.77. The number of anilines is 1. The maximum Gasteiger partial charge on any atom is 0.251 e. The van der Waals surface area contributed by atoms with E-state index in [-0.39, 0.29) is 11.8 Å². The van der Waals surface area contributed by atoms with Gasteiger partial charge in [-0.25, -0.2) is 0 Å². The fourth-order valence-electron chi connectivity index (χ4n) is 2.66. The van der Waals surface area contributed by atoms with Crippen LogP contribution in [0.25, 0.3) is 0 Å². The summed E-state index contributed by atoms with van der Waals surface area (Å²) < 4.78 is 5.77. The number of carbonyl (C=O) groups excluding carboxylic acids is 2. The molecule has 0 saturated heterocycles. The zero-order valence-electron chi connectivity index (χ0n) is 16.2. The zero-order valence-corrected chi connectivity index (χ0v) is 16.2. The van der Waals surface area contributed by atoms with Crippen LogP contribution in [0.4, 0.5) is 5.69 Å². The van der Waals surface area contributed by atoms with Crippen LogP contribution in [-0.2, 0) is 17.9 Å². The number of nitrogens with zero attached hydrogens (tertiary/aromatic N) is 1. The van der Waals surface area contributed by atoms with Gasteiger partial charge in [-0.1, -0.05) is 31.2 Å². The summed E-state index contributed by atoms with van der Waals surface area (Å²) in [5.74, 6) is 0.411. The maximum absolute atomic E-state index is 12.5. The minimum absolute atomic E-state index is 0.0925. The standard InChI is InChI=1S/C23H23N3O3/c1-2-22(27)26-19-10-6-8-18(14-19)23(28)25-15-17-7-5-11-21(13-17)29-16-20-9-3-4-12-24-20/h3-14H,2,15-16H2,1H3,(H,25,28)(H,26,27). The Labute approximate surface area is 169 Å². The van der Waals surface area contributed by atoms with Crippen molar-refractivity contribution in [3.8, 4) is 5.75 Å². The SMILES string of the molecule is CCC(=O)Nc1cccc(C(=O)NCc2cccc(OCc3ccccn3)c2)c1. The molecule has 2 amide bonds. The Hall–Kier alpha value is -3.67. The number of carbonyl (C=O) groups is 2. The Morgan fingerprint density at radius 3 is 2.66 bits per heavy atom. The largest absolute Gasteiger partial charge is 0.487 e. The summed E-state index contributed by atoms with van der Waals surface area (Å²) in [6.45, 7) is 2.53. The lowest BCUT2D eigenvalue weighted by Crippen LogP contribution is -2.23. The Bertz CT molecular complexity index is 974. The zero-order chi connectivity index (χ0) is 20.5. The number of benzene rings is 2. The van der Waals surface area contributed by atoms with E-state index in [1.807, 2.05) is 42.5 Å². The summed E-state index contributed by atoms with van der Waals surface area (Å²) in [5, 5.41) is 5.65. The molecule has 148 valence electrons. The van der Waals surface area contributed by atoms with Gasteiger partial charge in [-0.05, 0) is 48.0 Å². The first-order valence-corrected chi connectivity index (χ1v) is 9.44. The molecule has 0 atom stereocenters. The molecule has 0 aliphatic rings. The first-order valence-electron chi connectivity index (χ1n) is 9.44. The molecule has 0 radical (unpaired) electrons. The molecular weight excluding hydrogens is 366 g/mol. The van der Waals surface area contributed by atoms with Crippen molar-refractivity contribution < 1.29 is 14.3 Å². The van der Waals surface area contributed by atoms with Gasteiger partial charge in [0.25, 0.3) is 5.91 Å². The molecule has 0 aliphatic heterocycles. The highest BCUT2D eigenvalue weighted by Crippen LogP contribution is 2.15. The lowest BCUT2D eigenvalue weighted by atomic mass is 10.1. The van der Waals surface area contributed by atoms with Gasteiger partial charge in [0.05, 0.1) is 5.69 Å². The van der Waals surface area contributed by atoms with E-state index in [4.69, 9.17) is 4.74 Å². The number of nitrogens with one attached hydrogen (secondary N) is 2. The van der Waals surface area contributed by atoms with E-state index < -0.39 is 0 Å². The molecule has 0 fully saturated rings. The van der Waals surface area contributed by atoms with E-state index in [1.54, 1.807) is 37.4 Å². The third-order valence-electron chi connectivity index (χ3n) is 4.19. The lowest BCUT2D eigenvalue weighted by molar-refractivity contribution is -0.115. The lowest BCUT2D eigenvalue weighted by Gasteiger charge is -2.10. The van der Waals surface area contributed by atoms with Crippen molar-refractivity contribution in [3.05, 3.63) is 89.7 Å². The molecule has 0 unspecified atom stereocenters. The Kier molecular flexibility index (Phi) is 6.95. The third-order valence-corrected chi connectivity index (χ3v) is 4.19. The second-order valence-corrected chi connectivity index (χ2v) is 6.42. The van der Waals surface area contributed by atoms with E-state index in [0.717, 1.165) is 11.3 Å². The van der Waals surface area contributed by atoms with Gasteiger partial charge in [-0.15, -0.1) is 0 Å². The highest BCUT2D eigenvalue weighted by Gasteiger charge is 2.08. The number of aromatic nitrogens is 1. The number of hydrogen-bond donors (Lipinski definition) is 2. The van der Waals surface area contributed by atoms with Crippen LogP contribution < -0.4 is 15.4 Å². The van der Waals surface area contributed by atoms with Gasteiger partial charge in [0.15, 0.2) is 0 Å². The van der Waals surface area contributed by atoms with Crippen molar-refractivity contribution in [1.82, 2.24) is 10.3 Å². The van der Waals surface area contributed by atoms with Crippen molar-refractivity contribution in [1.29, 1.82) is 0 Å². The van der Waals surface area contributed by atoms with Gasteiger partial charge in [0.2, 0.25) is 5.91 Å². The number of amides is 2. The summed E-state index contributed by atoms with van der Waals surface area (Å²) in [4.78, 5) is 28.2. The summed E-state index contributed by atoms with van der Waals surface area (Å²) in [7, 11) is 0. The predicted molar refractivity (Wildman–Crippen MR) is 112 cm³/mol. The third kappa shape index (κ3) is 6.17. The minimum atomic E-state index is -0.211. The Morgan fingerprint density at radius 1 is 1.00 bits per heavy atom. The maximum atomic E-state index is 12.5. The molecule has 1 heterocycles. The molecule has 6 nitrogen and oxygen atoms in total. The van der Waals surface area contributed by atoms with Crippen LogP contribution in [0.2, 0.25) is 0 Å². The first-order chi connectivity index (χ1) is 14.1. The molecule has 0 saturated carbocycles. The average molecular weight is 389 g/mol. The van der Waals surface area contributed by atoms with Crippen molar-refractivity contribution >= 4 is 17.5 Å². The highest BCUT2D eigenvalue weighted by atomic mass is 16.5. The van der Waals surface area contributed by atoms with Gasteiger partial charge in [0, 0.05) is 30.4 Å². The Morgan fingerprint density at radius 2 is 1.86 bits per heavy atom. The number of hydrogen-bond acceptors (Lipinski definition) is 4. The van der Waals surface area contributed by atoms with E-state index in [1.165, 1.54) is 0 Å². The van der Waals surface area contributed by atoms with Gasteiger partial charge < -0.3 is 15.4 Å². The molecule has 1 aromatic heterocycles. The second-order valence-electron chi connectivity index (χ2n) is 6.42. The summed E-state index contributed by atoms with van der Waals surface area (Å²) in [6.07, 6.45) is 2.11. The van der Waals surface area contributed by atoms with Crippen LogP contribution in [0.15, 0.2) is 72.9 Å². The van der Waals surface area contributed by atoms with Crippen LogP contribution in [0.3, 0.4) is 0 Å². The molecule has 29 heavy (non-hydrogen) atoms. The molecule has 2 N–H and O–H groups in total. The molecular formula is C23H23N3O3. The van der Waals surface area contributed by atoms with E-state index in [2.05, 4.69) is 15.6 Å². The van der Waals surface area contributed by atoms with Gasteiger partial charge in [-0.2, -0.15) is 0 Å². The van der Waals surface area contributed by atoms with Crippen molar-refractivity contribution in [2.75, 3.05) is 5.32 Å². The van der Waals surface area contributed by atoms with Crippen LogP contribution in [0, 0.1) is 0 Å².